The van der Waals surface area contributed by atoms with E-state index in [0.29, 0.717) is 0 Å². The molecule has 0 amide bonds. The summed E-state index contributed by atoms with van der Waals surface area (Å²) in [4.78, 5) is 0. The third-order valence-corrected chi connectivity index (χ3v) is 2.93. The minimum atomic E-state index is -0.203. The number of benzene rings is 2. The van der Waals surface area contributed by atoms with Gasteiger partial charge in [0.2, 0.25) is 0 Å². The lowest BCUT2D eigenvalue weighted by Crippen LogP contribution is -2.20. The maximum Gasteiger partial charge on any atom is 0.119 e. The van der Waals surface area contributed by atoms with Crippen LogP contribution in [-0.4, -0.2) is 14.4 Å². The van der Waals surface area contributed by atoms with Crippen molar-refractivity contribution in [3.05, 3.63) is 59.9 Å². The number of methoxy groups -OCH3 is 1. The summed E-state index contributed by atoms with van der Waals surface area (Å²) in [6, 6.07) is 14.6. The van der Waals surface area contributed by atoms with E-state index < -0.39 is 0 Å². The quantitative estimate of drug-likeness (QED) is 0.748. The lowest BCUT2D eigenvalue weighted by atomic mass is 9.58. The number of rotatable bonds is 4. The van der Waals surface area contributed by atoms with Crippen LogP contribution in [0.15, 0.2) is 48.5 Å². The Bertz CT molecular complexity index is 510. The van der Waals surface area contributed by atoms with Crippen LogP contribution >= 0.6 is 0 Å². The monoisotopic (exact) mass is 241 g/mol. The molecule has 1 nitrogen and oxygen atoms in total. The van der Waals surface area contributed by atoms with Gasteiger partial charge in [0.15, 0.2) is 0 Å². The molecule has 2 rings (SSSR count). The Kier molecular flexibility index (Phi) is 4.03. The fraction of sp³-hybridized carbons (Fsp3) is 0.200. The van der Waals surface area contributed by atoms with Crippen molar-refractivity contribution in [3.63, 3.8) is 0 Å². The zero-order chi connectivity index (χ0) is 13.0. The van der Waals surface area contributed by atoms with Crippen molar-refractivity contribution in [2.45, 2.75) is 12.7 Å². The van der Waals surface area contributed by atoms with E-state index >= 15 is 0 Å². The van der Waals surface area contributed by atoms with Gasteiger partial charge in [0.05, 0.1) is 7.11 Å². The third kappa shape index (κ3) is 3.13. The van der Waals surface area contributed by atoms with Crippen LogP contribution in [0.5, 0.6) is 5.75 Å². The Morgan fingerprint density at radius 2 is 1.83 bits per heavy atom. The molecule has 2 aromatic carbocycles. The van der Waals surface area contributed by atoms with Crippen molar-refractivity contribution in [2.75, 3.05) is 7.11 Å². The van der Waals surface area contributed by atoms with Gasteiger partial charge in [-0.1, -0.05) is 36.8 Å². The van der Waals surface area contributed by atoms with Crippen LogP contribution in [0.4, 0.5) is 4.39 Å². The molecule has 0 aromatic heterocycles. The number of hydrogen-bond acceptors (Lipinski definition) is 1. The highest BCUT2D eigenvalue weighted by molar-refractivity contribution is 6.54. The van der Waals surface area contributed by atoms with E-state index in [1.807, 2.05) is 37.6 Å². The van der Waals surface area contributed by atoms with Crippen molar-refractivity contribution in [2.24, 2.45) is 0 Å². The molecule has 0 saturated heterocycles. The standard InChI is InChI=1S/C15H15BFO/c1-11(12-6-8-15(18-2)9-7-12)16-13-4-3-5-14(17)10-13/h3-11H,1-2H3/q-1. The molecule has 2 radical (unpaired) electrons. The highest BCUT2D eigenvalue weighted by atomic mass is 19.1. The molecule has 0 bridgehead atoms. The predicted octanol–water partition coefficient (Wildman–Crippen LogP) is 2.93. The van der Waals surface area contributed by atoms with Crippen LogP contribution in [0.25, 0.3) is 0 Å². The lowest BCUT2D eigenvalue weighted by Gasteiger charge is -2.26. The molecule has 0 spiro atoms. The van der Waals surface area contributed by atoms with Crippen LogP contribution in [0.3, 0.4) is 0 Å². The van der Waals surface area contributed by atoms with Gasteiger partial charge in [0.25, 0.3) is 0 Å². The highest BCUT2D eigenvalue weighted by Gasteiger charge is 1.97. The molecular weight excluding hydrogens is 226 g/mol. The summed E-state index contributed by atoms with van der Waals surface area (Å²) >= 11 is 0. The van der Waals surface area contributed by atoms with Gasteiger partial charge in [0, 0.05) is 0 Å². The minimum absolute atomic E-state index is 0.203. The average molecular weight is 241 g/mol. The first-order valence-electron chi connectivity index (χ1n) is 5.93. The maximum absolute atomic E-state index is 13.1. The summed E-state index contributed by atoms with van der Waals surface area (Å²) in [5.41, 5.74) is 2.08. The first kappa shape index (κ1) is 12.7. The second-order valence-corrected chi connectivity index (χ2v) is 4.28. The number of halogens is 1. The predicted molar refractivity (Wildman–Crippen MR) is 73.2 cm³/mol. The van der Waals surface area contributed by atoms with Gasteiger partial charge in [-0.15, -0.1) is 6.07 Å². The molecule has 0 aliphatic carbocycles. The van der Waals surface area contributed by atoms with Crippen LogP contribution < -0.4 is 10.2 Å². The van der Waals surface area contributed by atoms with Gasteiger partial charge in [-0.25, -0.2) is 10.2 Å². The maximum atomic E-state index is 13.1. The van der Waals surface area contributed by atoms with E-state index in [-0.39, 0.29) is 11.6 Å². The molecule has 1 atom stereocenters. The summed E-state index contributed by atoms with van der Waals surface area (Å²) in [6.07, 6.45) is 0. The van der Waals surface area contributed by atoms with Gasteiger partial charge in [-0.05, 0) is 18.2 Å². The fourth-order valence-corrected chi connectivity index (χ4v) is 1.90. The van der Waals surface area contributed by atoms with Crippen molar-refractivity contribution in [1.29, 1.82) is 0 Å². The molecule has 18 heavy (non-hydrogen) atoms. The van der Waals surface area contributed by atoms with Crippen LogP contribution in [-0.2, 0) is 0 Å². The second-order valence-electron chi connectivity index (χ2n) is 4.28. The van der Waals surface area contributed by atoms with Gasteiger partial charge < -0.3 is 4.74 Å². The smallest absolute Gasteiger partial charge is 0.119 e. The molecule has 0 heterocycles. The normalized spacial score (nSPS) is 12.2. The average Bonchev–Trinajstić information content (AvgIpc) is 2.39. The van der Waals surface area contributed by atoms with Crippen molar-refractivity contribution in [1.82, 2.24) is 0 Å². The molecule has 2 aromatic rings. The van der Waals surface area contributed by atoms with Gasteiger partial charge in [-0.3, -0.25) is 12.7 Å². The molecular formula is C15H15BFO-. The second kappa shape index (κ2) is 5.72. The van der Waals surface area contributed by atoms with E-state index in [1.165, 1.54) is 11.6 Å². The van der Waals surface area contributed by atoms with Crippen LogP contribution in [0.1, 0.15) is 18.3 Å². The van der Waals surface area contributed by atoms with Gasteiger partial charge in [0.1, 0.15) is 11.6 Å². The zero-order valence-corrected chi connectivity index (χ0v) is 10.6. The van der Waals surface area contributed by atoms with E-state index in [1.54, 1.807) is 19.2 Å². The van der Waals surface area contributed by atoms with Crippen LogP contribution in [0, 0.1) is 5.82 Å². The Balaban J connectivity index is 2.09. The Morgan fingerprint density at radius 3 is 2.44 bits per heavy atom. The van der Waals surface area contributed by atoms with Crippen molar-refractivity contribution >= 4 is 12.7 Å². The Hall–Kier alpha value is -1.77. The third-order valence-electron chi connectivity index (χ3n) is 2.93. The molecule has 0 aliphatic rings. The SMILES string of the molecule is COc1ccc(C(C)[B-]c2cccc(F)c2)cc1. The largest absolute Gasteiger partial charge is 0.497 e. The first-order chi connectivity index (χ1) is 8.69. The highest BCUT2D eigenvalue weighted by Crippen LogP contribution is 2.18. The first-order valence-corrected chi connectivity index (χ1v) is 5.93. The van der Waals surface area contributed by atoms with E-state index in [9.17, 15) is 4.39 Å². The Labute approximate surface area is 108 Å². The topological polar surface area (TPSA) is 9.23 Å². The van der Waals surface area contributed by atoms with Crippen molar-refractivity contribution < 1.29 is 9.13 Å². The molecule has 0 fully saturated rings. The van der Waals surface area contributed by atoms with Gasteiger partial charge in [-0.2, -0.15) is 0 Å². The number of hydrogen-bond donors (Lipinski definition) is 0. The molecule has 0 saturated carbocycles. The fourth-order valence-electron chi connectivity index (χ4n) is 1.90. The van der Waals surface area contributed by atoms with E-state index in [4.69, 9.17) is 4.74 Å². The molecule has 92 valence electrons. The minimum Gasteiger partial charge on any atom is -0.497 e. The Morgan fingerprint density at radius 1 is 1.11 bits per heavy atom. The summed E-state index contributed by atoms with van der Waals surface area (Å²) in [7, 11) is 3.70. The van der Waals surface area contributed by atoms with Crippen molar-refractivity contribution in [3.8, 4) is 5.75 Å². The molecule has 0 aliphatic heterocycles. The summed E-state index contributed by atoms with van der Waals surface area (Å²) in [5.74, 6) is 0.875. The van der Waals surface area contributed by atoms with Gasteiger partial charge >= 0.3 is 0 Å². The zero-order valence-electron chi connectivity index (χ0n) is 10.6. The summed E-state index contributed by atoms with van der Waals surface area (Å²) < 4.78 is 18.2. The van der Waals surface area contributed by atoms with E-state index in [0.717, 1.165) is 11.2 Å². The number of ether oxygens (including phenoxy) is 1. The van der Waals surface area contributed by atoms with E-state index in [2.05, 4.69) is 6.92 Å². The summed E-state index contributed by atoms with van der Waals surface area (Å²) in [5, 5.41) is 0. The van der Waals surface area contributed by atoms with Crippen LogP contribution in [0.2, 0.25) is 0 Å². The molecule has 0 N–H and O–H groups in total. The molecule has 1 unspecified atom stereocenters. The summed E-state index contributed by atoms with van der Waals surface area (Å²) in [6.45, 7) is 2.09. The lowest BCUT2D eigenvalue weighted by molar-refractivity contribution is 0.414. The molecule has 3 heteroatoms.